The van der Waals surface area contributed by atoms with E-state index in [1.54, 1.807) is 6.20 Å². The lowest BCUT2D eigenvalue weighted by Gasteiger charge is -2.06. The van der Waals surface area contributed by atoms with Crippen LogP contribution in [-0.2, 0) is 7.05 Å². The fourth-order valence-electron chi connectivity index (χ4n) is 2.46. The normalized spacial score (nSPS) is 14.2. The second-order valence-corrected chi connectivity index (χ2v) is 6.24. The average Bonchev–Trinajstić information content (AvgIpc) is 2.92. The topological polar surface area (TPSA) is 64.7 Å². The lowest BCUT2D eigenvalue weighted by molar-refractivity contribution is 0.101. The monoisotopic (exact) mass is 313 g/mol. The van der Waals surface area contributed by atoms with E-state index in [2.05, 4.69) is 15.3 Å². The molecule has 7 heteroatoms. The largest absolute Gasteiger partial charge is 0.340 e. The number of nitrogens with zero attached hydrogens (tertiary/aromatic N) is 4. The van der Waals surface area contributed by atoms with Gasteiger partial charge in [-0.15, -0.1) is 11.3 Å². The summed E-state index contributed by atoms with van der Waals surface area (Å²) in [5.41, 5.74) is 1.46. The zero-order valence-electron chi connectivity index (χ0n) is 12.1. The molecule has 0 aliphatic heterocycles. The minimum atomic E-state index is -0.113. The lowest BCUT2D eigenvalue weighted by atomic mass is 10.4. The Morgan fingerprint density at radius 1 is 1.41 bits per heavy atom. The molecule has 0 radical (unpaired) electrons. The maximum Gasteiger partial charge on any atom is 0.274 e. The van der Waals surface area contributed by atoms with Gasteiger partial charge in [0.15, 0.2) is 11.0 Å². The van der Waals surface area contributed by atoms with Crippen LogP contribution in [0.1, 0.15) is 29.4 Å². The fourth-order valence-corrected chi connectivity index (χ4v) is 3.15. The molecule has 4 rings (SSSR count). The summed E-state index contributed by atoms with van der Waals surface area (Å²) < 4.78 is 3.95. The van der Waals surface area contributed by atoms with Crippen LogP contribution in [0.3, 0.4) is 0 Å². The highest BCUT2D eigenvalue weighted by atomic mass is 32.1. The number of thiazole rings is 1. The number of hydrogen-bond donors (Lipinski definition) is 1. The summed E-state index contributed by atoms with van der Waals surface area (Å²) >= 11 is 1.41. The van der Waals surface area contributed by atoms with Crippen molar-refractivity contribution in [3.05, 3.63) is 41.8 Å². The molecule has 1 aliphatic carbocycles. The Morgan fingerprint density at radius 2 is 2.27 bits per heavy atom. The third kappa shape index (κ3) is 2.33. The van der Waals surface area contributed by atoms with Crippen molar-refractivity contribution in [2.75, 3.05) is 5.32 Å². The van der Waals surface area contributed by atoms with Crippen LogP contribution >= 0.6 is 11.3 Å². The number of aromatic nitrogens is 4. The summed E-state index contributed by atoms with van der Waals surface area (Å²) in [6.45, 7) is 0. The predicted molar refractivity (Wildman–Crippen MR) is 85.0 cm³/mol. The molecule has 0 unspecified atom stereocenters. The number of carbonyl (C=O) groups is 1. The van der Waals surface area contributed by atoms with Crippen molar-refractivity contribution in [2.45, 2.75) is 18.9 Å². The molecular formula is C15H15N5OS. The summed E-state index contributed by atoms with van der Waals surface area (Å²) in [7, 11) is 1.92. The van der Waals surface area contributed by atoms with E-state index >= 15 is 0 Å². The molecule has 0 spiro atoms. The molecule has 3 aromatic heterocycles. The van der Waals surface area contributed by atoms with Gasteiger partial charge in [0.05, 0.1) is 0 Å². The van der Waals surface area contributed by atoms with E-state index in [4.69, 9.17) is 0 Å². The molecule has 1 aliphatic rings. The van der Waals surface area contributed by atoms with Crippen LogP contribution in [0.4, 0.5) is 5.13 Å². The van der Waals surface area contributed by atoms with E-state index in [0.29, 0.717) is 16.9 Å². The van der Waals surface area contributed by atoms with E-state index in [1.807, 2.05) is 46.1 Å². The van der Waals surface area contributed by atoms with Crippen molar-refractivity contribution in [1.82, 2.24) is 19.1 Å². The standard InChI is InChI=1S/C15H15N5OS/c1-19-8-6-16-13(19)11-9-22-15(17-11)18-14(21)12-3-2-7-20(12)10-4-5-10/h2-3,6-10H,4-5H2,1H3,(H,17,18,21). The average molecular weight is 313 g/mol. The Morgan fingerprint density at radius 3 is 3.00 bits per heavy atom. The molecule has 22 heavy (non-hydrogen) atoms. The van der Waals surface area contributed by atoms with Crippen LogP contribution in [0.2, 0.25) is 0 Å². The van der Waals surface area contributed by atoms with Crippen molar-refractivity contribution in [1.29, 1.82) is 0 Å². The number of rotatable bonds is 4. The van der Waals surface area contributed by atoms with Gasteiger partial charge in [0.2, 0.25) is 0 Å². The van der Waals surface area contributed by atoms with Crippen molar-refractivity contribution in [2.24, 2.45) is 7.05 Å². The van der Waals surface area contributed by atoms with Gasteiger partial charge in [-0.25, -0.2) is 9.97 Å². The molecule has 0 aromatic carbocycles. The van der Waals surface area contributed by atoms with Crippen LogP contribution < -0.4 is 5.32 Å². The third-order valence-electron chi connectivity index (χ3n) is 3.73. The molecule has 1 fully saturated rings. The lowest BCUT2D eigenvalue weighted by Crippen LogP contribution is -2.16. The molecule has 0 atom stereocenters. The molecule has 1 saturated carbocycles. The highest BCUT2D eigenvalue weighted by Crippen LogP contribution is 2.36. The quantitative estimate of drug-likeness (QED) is 0.805. The Hall–Kier alpha value is -2.41. The first kappa shape index (κ1) is 13.3. The maximum absolute atomic E-state index is 12.4. The number of aryl methyl sites for hydroxylation is 1. The van der Waals surface area contributed by atoms with Crippen LogP contribution in [0, 0.1) is 0 Å². The van der Waals surface area contributed by atoms with Gasteiger partial charge in [-0.05, 0) is 25.0 Å². The van der Waals surface area contributed by atoms with E-state index < -0.39 is 0 Å². The minimum absolute atomic E-state index is 0.113. The summed E-state index contributed by atoms with van der Waals surface area (Å²) in [6.07, 6.45) is 7.86. The summed E-state index contributed by atoms with van der Waals surface area (Å²) in [4.78, 5) is 21.1. The van der Waals surface area contributed by atoms with Crippen LogP contribution in [0.25, 0.3) is 11.5 Å². The number of anilines is 1. The molecule has 1 N–H and O–H groups in total. The maximum atomic E-state index is 12.4. The predicted octanol–water partition coefficient (Wildman–Crippen LogP) is 2.93. The Kier molecular flexibility index (Phi) is 3.07. The van der Waals surface area contributed by atoms with Gasteiger partial charge in [0.25, 0.3) is 5.91 Å². The first-order chi connectivity index (χ1) is 10.7. The number of imidazole rings is 1. The van der Waals surface area contributed by atoms with Crippen molar-refractivity contribution in [3.8, 4) is 11.5 Å². The Labute approximate surface area is 131 Å². The molecule has 3 heterocycles. The second-order valence-electron chi connectivity index (χ2n) is 5.39. The van der Waals surface area contributed by atoms with Gasteiger partial charge in [-0.2, -0.15) is 0 Å². The minimum Gasteiger partial charge on any atom is -0.340 e. The molecule has 6 nitrogen and oxygen atoms in total. The Bertz CT molecular complexity index is 826. The van der Waals surface area contributed by atoms with E-state index in [1.165, 1.54) is 11.3 Å². The third-order valence-corrected chi connectivity index (χ3v) is 4.48. The van der Waals surface area contributed by atoms with E-state index in [-0.39, 0.29) is 5.91 Å². The molecule has 0 saturated heterocycles. The van der Waals surface area contributed by atoms with E-state index in [9.17, 15) is 4.79 Å². The van der Waals surface area contributed by atoms with Crippen molar-refractivity contribution < 1.29 is 4.79 Å². The highest BCUT2D eigenvalue weighted by Gasteiger charge is 2.27. The fraction of sp³-hybridized carbons (Fsp3) is 0.267. The molecule has 0 bridgehead atoms. The van der Waals surface area contributed by atoms with Crippen LogP contribution in [-0.4, -0.2) is 25.0 Å². The van der Waals surface area contributed by atoms with Gasteiger partial charge < -0.3 is 9.13 Å². The first-order valence-corrected chi connectivity index (χ1v) is 8.02. The van der Waals surface area contributed by atoms with Gasteiger partial charge in [0.1, 0.15) is 11.4 Å². The van der Waals surface area contributed by atoms with Gasteiger partial charge in [0, 0.05) is 37.1 Å². The van der Waals surface area contributed by atoms with Gasteiger partial charge in [-0.1, -0.05) is 0 Å². The van der Waals surface area contributed by atoms with Crippen molar-refractivity contribution in [3.63, 3.8) is 0 Å². The number of carbonyl (C=O) groups excluding carboxylic acids is 1. The zero-order valence-corrected chi connectivity index (χ0v) is 12.9. The van der Waals surface area contributed by atoms with Gasteiger partial charge >= 0.3 is 0 Å². The SMILES string of the molecule is Cn1ccnc1-c1csc(NC(=O)c2cccn2C2CC2)n1. The number of amides is 1. The summed E-state index contributed by atoms with van der Waals surface area (Å²) in [6, 6.07) is 4.24. The summed E-state index contributed by atoms with van der Waals surface area (Å²) in [5.74, 6) is 0.677. The van der Waals surface area contributed by atoms with Crippen molar-refractivity contribution >= 4 is 22.4 Å². The summed E-state index contributed by atoms with van der Waals surface area (Å²) in [5, 5.41) is 5.37. The van der Waals surface area contributed by atoms with Crippen LogP contribution in [0.5, 0.6) is 0 Å². The zero-order chi connectivity index (χ0) is 15.1. The van der Waals surface area contributed by atoms with Crippen LogP contribution in [0.15, 0.2) is 36.1 Å². The number of nitrogens with one attached hydrogen (secondary N) is 1. The molecule has 1 amide bonds. The number of hydrogen-bond acceptors (Lipinski definition) is 4. The second kappa shape index (κ2) is 5.10. The highest BCUT2D eigenvalue weighted by molar-refractivity contribution is 7.14. The van der Waals surface area contributed by atoms with E-state index in [0.717, 1.165) is 24.4 Å². The first-order valence-electron chi connectivity index (χ1n) is 7.14. The van der Waals surface area contributed by atoms with Gasteiger partial charge in [-0.3, -0.25) is 10.1 Å². The molecule has 112 valence electrons. The molecular weight excluding hydrogens is 298 g/mol. The molecule has 3 aromatic rings. The Balaban J connectivity index is 1.54. The smallest absolute Gasteiger partial charge is 0.274 e.